The second-order valence-corrected chi connectivity index (χ2v) is 11.0. The maximum absolute atomic E-state index is 13.3. The lowest BCUT2D eigenvalue weighted by Crippen LogP contribution is -2.21. The molecule has 1 aliphatic rings. The minimum absolute atomic E-state index is 0.326. The first-order valence-corrected chi connectivity index (χ1v) is 12.2. The monoisotopic (exact) mass is 401 g/mol. The predicted molar refractivity (Wildman–Crippen MR) is 123 cm³/mol. The summed E-state index contributed by atoms with van der Waals surface area (Å²) in [6.07, 6.45) is 5.14. The van der Waals surface area contributed by atoms with Gasteiger partial charge < -0.3 is 0 Å². The lowest BCUT2D eigenvalue weighted by Gasteiger charge is -2.26. The Hall–Kier alpha value is -2.33. The second kappa shape index (κ2) is 8.78. The fourth-order valence-electron chi connectivity index (χ4n) is 3.72. The van der Waals surface area contributed by atoms with Gasteiger partial charge in [-0.2, -0.15) is 0 Å². The molecule has 0 radical (unpaired) electrons. The molecular formula is C25H23OP2+. The van der Waals surface area contributed by atoms with E-state index in [2.05, 4.69) is 79.7 Å². The zero-order chi connectivity index (χ0) is 19.3. The van der Waals surface area contributed by atoms with E-state index in [1.54, 1.807) is 0 Å². The van der Waals surface area contributed by atoms with Crippen LogP contribution in [0.3, 0.4) is 0 Å². The largest absolute Gasteiger partial charge is 0.415 e. The highest BCUT2D eigenvalue weighted by atomic mass is 31.1. The first-order valence-electron chi connectivity index (χ1n) is 9.57. The summed E-state index contributed by atoms with van der Waals surface area (Å²) in [5.41, 5.74) is 1.65. The van der Waals surface area contributed by atoms with Gasteiger partial charge in [-0.15, -0.1) is 0 Å². The van der Waals surface area contributed by atoms with E-state index in [0.717, 1.165) is 17.0 Å². The molecule has 0 heterocycles. The third-order valence-corrected chi connectivity index (χ3v) is 9.55. The molecule has 0 N–H and O–H groups in total. The predicted octanol–water partition coefficient (Wildman–Crippen LogP) is 5.87. The molecule has 1 aliphatic carbocycles. The van der Waals surface area contributed by atoms with Crippen LogP contribution in [0.2, 0.25) is 0 Å². The summed E-state index contributed by atoms with van der Waals surface area (Å²) in [5.74, 6) is 0. The van der Waals surface area contributed by atoms with Gasteiger partial charge in [0.15, 0.2) is 10.6 Å². The molecule has 2 atom stereocenters. The van der Waals surface area contributed by atoms with Crippen molar-refractivity contribution in [2.45, 2.75) is 19.0 Å². The molecule has 3 aromatic rings. The van der Waals surface area contributed by atoms with Gasteiger partial charge in [-0.25, -0.2) is 0 Å². The molecule has 0 saturated carbocycles. The lowest BCUT2D eigenvalue weighted by molar-refractivity contribution is 0.596. The van der Waals surface area contributed by atoms with Crippen molar-refractivity contribution >= 4 is 31.6 Å². The first-order chi connectivity index (χ1) is 13.8. The van der Waals surface area contributed by atoms with E-state index in [9.17, 15) is 4.57 Å². The molecule has 138 valence electrons. The first kappa shape index (κ1) is 19.0. The Kier molecular flexibility index (Phi) is 5.96. The molecule has 0 amide bonds. The van der Waals surface area contributed by atoms with E-state index in [-0.39, 0.29) is 0 Å². The van der Waals surface area contributed by atoms with Crippen molar-refractivity contribution in [2.75, 3.05) is 0 Å². The molecule has 0 spiro atoms. The van der Waals surface area contributed by atoms with Crippen molar-refractivity contribution in [3.63, 3.8) is 0 Å². The second-order valence-electron chi connectivity index (χ2n) is 6.86. The van der Waals surface area contributed by atoms with E-state index in [1.807, 2.05) is 30.3 Å². The van der Waals surface area contributed by atoms with Crippen molar-refractivity contribution in [3.05, 3.63) is 114 Å². The topological polar surface area (TPSA) is 17.1 Å². The third kappa shape index (κ3) is 3.93. The zero-order valence-electron chi connectivity index (χ0n) is 15.9. The smallest absolute Gasteiger partial charge is 0.0757 e. The van der Waals surface area contributed by atoms with Gasteiger partial charge in [-0.1, -0.05) is 96.4 Å². The molecule has 0 saturated heterocycles. The fraction of sp³-hybridized carbons (Fsp3) is 0.120. The van der Waals surface area contributed by atoms with E-state index >= 15 is 0 Å². The molecule has 4 rings (SSSR count). The van der Waals surface area contributed by atoms with Gasteiger partial charge in [-0.05, 0) is 48.7 Å². The Bertz CT molecular complexity index is 969. The summed E-state index contributed by atoms with van der Waals surface area (Å²) in [4.78, 5) is 0. The lowest BCUT2D eigenvalue weighted by atomic mass is 10.2. The van der Waals surface area contributed by atoms with Crippen LogP contribution in [0.25, 0.3) is 0 Å². The van der Waals surface area contributed by atoms with Crippen LogP contribution in [0.5, 0.6) is 0 Å². The Morgan fingerprint density at radius 2 is 1.29 bits per heavy atom. The molecule has 3 heteroatoms. The SMILES string of the molecule is C[C@@H](C1=C([P+](=O)c2ccccc2)C=CC1)P(c1ccccc1)c1ccccc1. The number of hydrogen-bond donors (Lipinski definition) is 0. The number of allylic oxidation sites excluding steroid dienone is 4. The third-order valence-electron chi connectivity index (χ3n) is 5.11. The molecule has 0 aromatic heterocycles. The molecule has 0 fully saturated rings. The van der Waals surface area contributed by atoms with Crippen LogP contribution in [0.15, 0.2) is 114 Å². The summed E-state index contributed by atoms with van der Waals surface area (Å²) in [6, 6.07) is 31.4. The number of benzene rings is 3. The summed E-state index contributed by atoms with van der Waals surface area (Å²) < 4.78 is 13.3. The van der Waals surface area contributed by atoms with Crippen molar-refractivity contribution in [2.24, 2.45) is 0 Å². The van der Waals surface area contributed by atoms with Crippen LogP contribution >= 0.6 is 15.7 Å². The van der Waals surface area contributed by atoms with Crippen LogP contribution in [-0.2, 0) is 4.57 Å². The van der Waals surface area contributed by atoms with E-state index in [0.29, 0.717) is 5.66 Å². The van der Waals surface area contributed by atoms with Gasteiger partial charge in [0, 0.05) is 5.66 Å². The van der Waals surface area contributed by atoms with Gasteiger partial charge in [0.05, 0.1) is 0 Å². The minimum atomic E-state index is -1.56. The minimum Gasteiger partial charge on any atom is -0.0757 e. The van der Waals surface area contributed by atoms with Crippen molar-refractivity contribution in [3.8, 4) is 0 Å². The highest BCUT2D eigenvalue weighted by Gasteiger charge is 2.35. The quantitative estimate of drug-likeness (QED) is 0.472. The summed E-state index contributed by atoms with van der Waals surface area (Å²) in [6.45, 7) is 2.31. The highest BCUT2D eigenvalue weighted by Crippen LogP contribution is 2.49. The van der Waals surface area contributed by atoms with Gasteiger partial charge in [0.2, 0.25) is 0 Å². The summed E-state index contributed by atoms with van der Waals surface area (Å²) in [7, 11) is -2.13. The van der Waals surface area contributed by atoms with Crippen LogP contribution in [0, 0.1) is 0 Å². The fourth-order valence-corrected chi connectivity index (χ4v) is 8.07. The van der Waals surface area contributed by atoms with Crippen molar-refractivity contribution < 1.29 is 4.57 Å². The van der Waals surface area contributed by atoms with Crippen molar-refractivity contribution in [1.82, 2.24) is 0 Å². The van der Waals surface area contributed by atoms with E-state index < -0.39 is 15.7 Å². The number of rotatable bonds is 6. The van der Waals surface area contributed by atoms with Gasteiger partial charge >= 0.3 is 7.80 Å². The standard InChI is InChI=1S/C25H23OP2/c1-20(24-18-11-19-25(24)28(26)23-16-9-4-10-17-23)27(21-12-5-2-6-13-21)22-14-7-3-8-15-22/h2-17,19-20H,18H2,1H3/q+1/t20-/m0/s1. The average Bonchev–Trinajstić information content (AvgIpc) is 3.25. The van der Waals surface area contributed by atoms with Gasteiger partial charge in [0.1, 0.15) is 0 Å². The normalized spacial score (nSPS) is 15.1. The van der Waals surface area contributed by atoms with Crippen molar-refractivity contribution in [1.29, 1.82) is 0 Å². The highest BCUT2D eigenvalue weighted by molar-refractivity contribution is 7.73. The summed E-state index contributed by atoms with van der Waals surface area (Å²) in [5, 5.41) is 4.66. The maximum Gasteiger partial charge on any atom is 0.415 e. The molecule has 0 bridgehead atoms. The van der Waals surface area contributed by atoms with Gasteiger partial charge in [-0.3, -0.25) is 0 Å². The molecule has 3 aromatic carbocycles. The molecule has 1 unspecified atom stereocenters. The Morgan fingerprint density at radius 1 is 0.786 bits per heavy atom. The summed E-state index contributed by atoms with van der Waals surface area (Å²) >= 11 is 0. The Morgan fingerprint density at radius 3 is 1.82 bits per heavy atom. The molecule has 1 nitrogen and oxygen atoms in total. The molecule has 28 heavy (non-hydrogen) atoms. The van der Waals surface area contributed by atoms with Crippen LogP contribution < -0.4 is 15.9 Å². The number of hydrogen-bond acceptors (Lipinski definition) is 1. The van der Waals surface area contributed by atoms with E-state index in [1.165, 1.54) is 16.2 Å². The average molecular weight is 401 g/mol. The van der Waals surface area contributed by atoms with Crippen LogP contribution in [0.4, 0.5) is 0 Å². The van der Waals surface area contributed by atoms with Crippen LogP contribution in [-0.4, -0.2) is 5.66 Å². The maximum atomic E-state index is 13.3. The van der Waals surface area contributed by atoms with Gasteiger partial charge in [0.25, 0.3) is 0 Å². The molecule has 0 aliphatic heterocycles. The zero-order valence-corrected chi connectivity index (χ0v) is 17.7. The van der Waals surface area contributed by atoms with Crippen LogP contribution in [0.1, 0.15) is 13.3 Å². The molecular weight excluding hydrogens is 378 g/mol. The van der Waals surface area contributed by atoms with E-state index in [4.69, 9.17) is 0 Å². The Labute approximate surface area is 169 Å². The Balaban J connectivity index is 1.76.